The van der Waals surface area contributed by atoms with Crippen molar-refractivity contribution in [2.45, 2.75) is 24.6 Å². The number of carbonyl (C=O) groups is 1. The normalized spacial score (nSPS) is 23.9. The van der Waals surface area contributed by atoms with E-state index < -0.39 is 18.1 Å². The molecule has 2 rings (SSSR count). The van der Waals surface area contributed by atoms with Gasteiger partial charge in [-0.15, -0.1) is 0 Å². The van der Waals surface area contributed by atoms with Crippen molar-refractivity contribution in [3.8, 4) is 0 Å². The van der Waals surface area contributed by atoms with E-state index in [1.807, 2.05) is 5.32 Å². The third-order valence-corrected chi connectivity index (χ3v) is 2.48. The maximum atomic E-state index is 11.9. The van der Waals surface area contributed by atoms with Gasteiger partial charge in [-0.1, -0.05) is 6.07 Å². The molecule has 16 heavy (non-hydrogen) atoms. The van der Waals surface area contributed by atoms with E-state index in [-0.39, 0.29) is 5.92 Å². The number of nitrogens with one attached hydrogen (secondary N) is 1. The van der Waals surface area contributed by atoms with E-state index in [2.05, 4.69) is 4.98 Å². The monoisotopic (exact) mass is 230 g/mol. The zero-order valence-corrected chi connectivity index (χ0v) is 8.16. The van der Waals surface area contributed by atoms with E-state index in [4.69, 9.17) is 0 Å². The summed E-state index contributed by atoms with van der Waals surface area (Å²) in [5.41, 5.74) is 0.856. The Kier molecular flexibility index (Phi) is 2.57. The molecule has 0 spiro atoms. The molecule has 1 aliphatic carbocycles. The molecule has 1 aromatic heterocycles. The van der Waals surface area contributed by atoms with Crippen molar-refractivity contribution in [3.63, 3.8) is 0 Å². The second-order valence-corrected chi connectivity index (χ2v) is 3.71. The maximum Gasteiger partial charge on any atom is 0.471 e. The van der Waals surface area contributed by atoms with Gasteiger partial charge in [0.2, 0.25) is 0 Å². The molecular formula is C10H9F3N2O. The SMILES string of the molecule is O=C(NC1CC1c1cccnc1)C(F)(F)F. The molecule has 1 heterocycles. The summed E-state index contributed by atoms with van der Waals surface area (Å²) in [5.74, 6) is -1.91. The number of hydrogen-bond acceptors (Lipinski definition) is 2. The minimum atomic E-state index is -4.80. The zero-order valence-electron chi connectivity index (χ0n) is 8.16. The first kappa shape index (κ1) is 10.9. The number of hydrogen-bond donors (Lipinski definition) is 1. The van der Waals surface area contributed by atoms with E-state index >= 15 is 0 Å². The Balaban J connectivity index is 1.91. The minimum Gasteiger partial charge on any atom is -0.345 e. The molecule has 6 heteroatoms. The fourth-order valence-electron chi connectivity index (χ4n) is 1.57. The third kappa shape index (κ3) is 2.32. The van der Waals surface area contributed by atoms with Gasteiger partial charge >= 0.3 is 12.1 Å². The van der Waals surface area contributed by atoms with Gasteiger partial charge in [0.05, 0.1) is 0 Å². The highest BCUT2D eigenvalue weighted by Gasteiger charge is 2.46. The Morgan fingerprint density at radius 1 is 1.50 bits per heavy atom. The highest BCUT2D eigenvalue weighted by atomic mass is 19.4. The molecule has 0 bridgehead atoms. The first-order valence-corrected chi connectivity index (χ1v) is 4.76. The number of carbonyl (C=O) groups excluding carboxylic acids is 1. The maximum absolute atomic E-state index is 11.9. The topological polar surface area (TPSA) is 42.0 Å². The molecule has 86 valence electrons. The molecule has 0 aromatic carbocycles. The Hall–Kier alpha value is -1.59. The standard InChI is InChI=1S/C10H9F3N2O/c11-10(12,13)9(16)15-8-4-7(8)6-2-1-3-14-5-6/h1-3,5,7-8H,4H2,(H,15,16). The third-order valence-electron chi connectivity index (χ3n) is 2.48. The van der Waals surface area contributed by atoms with Crippen LogP contribution in [-0.2, 0) is 4.79 Å². The number of halogens is 3. The predicted octanol–water partition coefficient (Wildman–Crippen LogP) is 1.62. The van der Waals surface area contributed by atoms with E-state index in [9.17, 15) is 18.0 Å². The Morgan fingerprint density at radius 3 is 2.81 bits per heavy atom. The van der Waals surface area contributed by atoms with Gasteiger partial charge in [0.1, 0.15) is 0 Å². The highest BCUT2D eigenvalue weighted by molar-refractivity contribution is 5.82. The van der Waals surface area contributed by atoms with Gasteiger partial charge in [0.15, 0.2) is 0 Å². The van der Waals surface area contributed by atoms with Crippen molar-refractivity contribution in [3.05, 3.63) is 30.1 Å². The fourth-order valence-corrected chi connectivity index (χ4v) is 1.57. The van der Waals surface area contributed by atoms with Gasteiger partial charge in [-0.25, -0.2) is 0 Å². The lowest BCUT2D eigenvalue weighted by Crippen LogP contribution is -2.38. The average molecular weight is 230 g/mol. The number of pyridine rings is 1. The van der Waals surface area contributed by atoms with Gasteiger partial charge in [0, 0.05) is 24.4 Å². The average Bonchev–Trinajstić information content (AvgIpc) is 2.97. The van der Waals surface area contributed by atoms with Crippen LogP contribution in [0.2, 0.25) is 0 Å². The summed E-state index contributed by atoms with van der Waals surface area (Å²) in [6, 6.07) is 3.09. The van der Waals surface area contributed by atoms with Crippen molar-refractivity contribution in [2.24, 2.45) is 0 Å². The lowest BCUT2D eigenvalue weighted by Gasteiger charge is -2.07. The van der Waals surface area contributed by atoms with Crippen LogP contribution in [0.15, 0.2) is 24.5 Å². The van der Waals surface area contributed by atoms with Crippen LogP contribution in [0.3, 0.4) is 0 Å². The highest BCUT2D eigenvalue weighted by Crippen LogP contribution is 2.40. The number of alkyl halides is 3. The molecule has 1 N–H and O–H groups in total. The summed E-state index contributed by atoms with van der Waals surface area (Å²) < 4.78 is 35.8. The molecule has 1 aliphatic rings. The lowest BCUT2D eigenvalue weighted by molar-refractivity contribution is -0.173. The molecular weight excluding hydrogens is 221 g/mol. The van der Waals surface area contributed by atoms with Crippen molar-refractivity contribution in [1.29, 1.82) is 0 Å². The lowest BCUT2D eigenvalue weighted by atomic mass is 10.2. The van der Waals surface area contributed by atoms with Crippen molar-refractivity contribution in [1.82, 2.24) is 10.3 Å². The van der Waals surface area contributed by atoms with E-state index in [0.29, 0.717) is 6.42 Å². The summed E-state index contributed by atoms with van der Waals surface area (Å²) >= 11 is 0. The summed E-state index contributed by atoms with van der Waals surface area (Å²) in [6.45, 7) is 0. The molecule has 0 aliphatic heterocycles. The second-order valence-electron chi connectivity index (χ2n) is 3.71. The number of nitrogens with zero attached hydrogens (tertiary/aromatic N) is 1. The molecule has 2 atom stereocenters. The second kappa shape index (κ2) is 3.77. The van der Waals surface area contributed by atoms with Crippen LogP contribution < -0.4 is 5.32 Å². The van der Waals surface area contributed by atoms with Gasteiger partial charge in [-0.2, -0.15) is 13.2 Å². The van der Waals surface area contributed by atoms with Crippen molar-refractivity contribution < 1.29 is 18.0 Å². The Morgan fingerprint density at radius 2 is 2.25 bits per heavy atom. The van der Waals surface area contributed by atoms with Gasteiger partial charge in [-0.3, -0.25) is 9.78 Å². The largest absolute Gasteiger partial charge is 0.471 e. The van der Waals surface area contributed by atoms with Gasteiger partial charge in [0.25, 0.3) is 0 Å². The predicted molar refractivity (Wildman–Crippen MR) is 49.6 cm³/mol. The van der Waals surface area contributed by atoms with Crippen LogP contribution in [0, 0.1) is 0 Å². The zero-order chi connectivity index (χ0) is 11.8. The smallest absolute Gasteiger partial charge is 0.345 e. The van der Waals surface area contributed by atoms with Crippen molar-refractivity contribution >= 4 is 5.91 Å². The molecule has 1 amide bonds. The number of rotatable bonds is 2. The molecule has 3 nitrogen and oxygen atoms in total. The first-order chi connectivity index (χ1) is 7.48. The molecule has 1 aromatic rings. The van der Waals surface area contributed by atoms with E-state index in [0.717, 1.165) is 5.56 Å². The Labute approximate surface area is 89.7 Å². The van der Waals surface area contributed by atoms with Crippen LogP contribution in [0.4, 0.5) is 13.2 Å². The summed E-state index contributed by atoms with van der Waals surface area (Å²) in [5, 5.41) is 1.95. The quantitative estimate of drug-likeness (QED) is 0.838. The number of aromatic nitrogens is 1. The van der Waals surface area contributed by atoms with Crippen LogP contribution in [0.1, 0.15) is 17.9 Å². The fraction of sp³-hybridized carbons (Fsp3) is 0.400. The number of amides is 1. The molecule has 1 fully saturated rings. The summed E-state index contributed by atoms with van der Waals surface area (Å²) in [4.78, 5) is 14.5. The van der Waals surface area contributed by atoms with Crippen molar-refractivity contribution in [2.75, 3.05) is 0 Å². The Bertz CT molecular complexity index is 391. The van der Waals surface area contributed by atoms with Crippen LogP contribution >= 0.6 is 0 Å². The van der Waals surface area contributed by atoms with Crippen LogP contribution in [0.25, 0.3) is 0 Å². The van der Waals surface area contributed by atoms with Gasteiger partial charge in [-0.05, 0) is 18.1 Å². The van der Waals surface area contributed by atoms with Gasteiger partial charge < -0.3 is 5.32 Å². The molecule has 2 unspecified atom stereocenters. The minimum absolute atomic E-state index is 0.0417. The molecule has 0 radical (unpaired) electrons. The first-order valence-electron chi connectivity index (χ1n) is 4.76. The van der Waals surface area contributed by atoms with Crippen LogP contribution in [0.5, 0.6) is 0 Å². The van der Waals surface area contributed by atoms with Crippen LogP contribution in [-0.4, -0.2) is 23.1 Å². The van der Waals surface area contributed by atoms with E-state index in [1.54, 1.807) is 24.5 Å². The molecule has 0 saturated heterocycles. The summed E-state index contributed by atoms with van der Waals surface area (Å²) in [7, 11) is 0. The van der Waals surface area contributed by atoms with E-state index in [1.165, 1.54) is 0 Å². The molecule has 1 saturated carbocycles. The summed E-state index contributed by atoms with van der Waals surface area (Å²) in [6.07, 6.45) is -1.07.